The fraction of sp³-hybridized carbons (Fsp3) is 0.375. The molecule has 1 aromatic carbocycles. The molecule has 21 heavy (non-hydrogen) atoms. The van der Waals surface area contributed by atoms with E-state index in [9.17, 15) is 9.18 Å². The van der Waals surface area contributed by atoms with Gasteiger partial charge in [-0.3, -0.25) is 4.79 Å². The second kappa shape index (κ2) is 5.31. The SMILES string of the molecule is CC(C)c1cc(C(=O)N2CC(c3ccccc3F)C2)on1. The number of halogens is 1. The first-order valence-corrected chi connectivity index (χ1v) is 7.06. The maximum atomic E-state index is 13.7. The normalized spacial score (nSPS) is 15.3. The van der Waals surface area contributed by atoms with E-state index in [0.717, 1.165) is 5.69 Å². The van der Waals surface area contributed by atoms with Gasteiger partial charge >= 0.3 is 0 Å². The molecule has 1 fully saturated rings. The third-order valence-corrected chi connectivity index (χ3v) is 3.84. The van der Waals surface area contributed by atoms with E-state index in [-0.39, 0.29) is 29.3 Å². The Balaban J connectivity index is 1.65. The van der Waals surface area contributed by atoms with Crippen molar-refractivity contribution in [3.8, 4) is 0 Å². The molecule has 0 atom stereocenters. The minimum absolute atomic E-state index is 0.0580. The largest absolute Gasteiger partial charge is 0.351 e. The van der Waals surface area contributed by atoms with Crippen molar-refractivity contribution in [1.82, 2.24) is 10.1 Å². The molecule has 3 rings (SSSR count). The van der Waals surface area contributed by atoms with Crippen LogP contribution in [0, 0.1) is 5.82 Å². The number of nitrogens with zero attached hydrogens (tertiary/aromatic N) is 2. The van der Waals surface area contributed by atoms with Gasteiger partial charge in [0.1, 0.15) is 5.82 Å². The minimum atomic E-state index is -0.212. The Bertz CT molecular complexity index is 660. The number of hydrogen-bond acceptors (Lipinski definition) is 3. The topological polar surface area (TPSA) is 46.3 Å². The molecule has 0 bridgehead atoms. The van der Waals surface area contributed by atoms with Gasteiger partial charge in [-0.15, -0.1) is 0 Å². The fourth-order valence-electron chi connectivity index (χ4n) is 2.46. The summed E-state index contributed by atoms with van der Waals surface area (Å²) in [4.78, 5) is 13.9. The van der Waals surface area contributed by atoms with Gasteiger partial charge in [0.25, 0.3) is 5.91 Å². The van der Waals surface area contributed by atoms with Crippen molar-refractivity contribution in [1.29, 1.82) is 0 Å². The van der Waals surface area contributed by atoms with Crippen LogP contribution < -0.4 is 0 Å². The van der Waals surface area contributed by atoms with Crippen LogP contribution >= 0.6 is 0 Å². The molecule has 110 valence electrons. The van der Waals surface area contributed by atoms with Gasteiger partial charge in [-0.2, -0.15) is 0 Å². The Labute approximate surface area is 122 Å². The van der Waals surface area contributed by atoms with E-state index < -0.39 is 0 Å². The Morgan fingerprint density at radius 1 is 1.38 bits per heavy atom. The van der Waals surface area contributed by atoms with Gasteiger partial charge < -0.3 is 9.42 Å². The molecule has 4 nitrogen and oxygen atoms in total. The quantitative estimate of drug-likeness (QED) is 0.871. The molecular formula is C16H17FN2O2. The molecule has 0 unspecified atom stereocenters. The summed E-state index contributed by atoms with van der Waals surface area (Å²) in [6.45, 7) is 5.00. The predicted molar refractivity (Wildman–Crippen MR) is 75.6 cm³/mol. The van der Waals surface area contributed by atoms with Crippen molar-refractivity contribution < 1.29 is 13.7 Å². The van der Waals surface area contributed by atoms with E-state index in [1.54, 1.807) is 23.1 Å². The number of likely N-dealkylation sites (tertiary alicyclic amines) is 1. The first-order chi connectivity index (χ1) is 10.1. The van der Waals surface area contributed by atoms with E-state index in [4.69, 9.17) is 4.52 Å². The summed E-state index contributed by atoms with van der Waals surface area (Å²) in [5.74, 6) is 0.143. The summed E-state index contributed by atoms with van der Waals surface area (Å²) >= 11 is 0. The van der Waals surface area contributed by atoms with E-state index in [1.807, 2.05) is 19.9 Å². The highest BCUT2D eigenvalue weighted by Gasteiger charge is 2.35. The van der Waals surface area contributed by atoms with Gasteiger partial charge in [0, 0.05) is 25.1 Å². The number of benzene rings is 1. The van der Waals surface area contributed by atoms with Crippen molar-refractivity contribution in [2.45, 2.75) is 25.7 Å². The van der Waals surface area contributed by atoms with Crippen LogP contribution in [0.5, 0.6) is 0 Å². The minimum Gasteiger partial charge on any atom is -0.351 e. The average molecular weight is 288 g/mol. The molecule has 5 heteroatoms. The van der Waals surface area contributed by atoms with Crippen LogP contribution in [0.3, 0.4) is 0 Å². The van der Waals surface area contributed by atoms with Crippen LogP contribution in [0.4, 0.5) is 4.39 Å². The summed E-state index contributed by atoms with van der Waals surface area (Å²) in [6.07, 6.45) is 0. The highest BCUT2D eigenvalue weighted by Crippen LogP contribution is 2.30. The zero-order chi connectivity index (χ0) is 15.0. The lowest BCUT2D eigenvalue weighted by Crippen LogP contribution is -2.48. The lowest BCUT2D eigenvalue weighted by atomic mass is 9.91. The van der Waals surface area contributed by atoms with Crippen molar-refractivity contribution in [3.63, 3.8) is 0 Å². The highest BCUT2D eigenvalue weighted by molar-refractivity contribution is 5.92. The zero-order valence-corrected chi connectivity index (χ0v) is 12.0. The number of carbonyl (C=O) groups excluding carboxylic acids is 1. The van der Waals surface area contributed by atoms with Gasteiger partial charge in [0.05, 0.1) is 5.69 Å². The van der Waals surface area contributed by atoms with Gasteiger partial charge in [0.15, 0.2) is 0 Å². The summed E-state index contributed by atoms with van der Waals surface area (Å²) in [6, 6.07) is 8.39. The lowest BCUT2D eigenvalue weighted by molar-refractivity contribution is 0.0556. The Morgan fingerprint density at radius 3 is 2.71 bits per heavy atom. The molecule has 1 saturated heterocycles. The summed E-state index contributed by atoms with van der Waals surface area (Å²) in [7, 11) is 0. The Hall–Kier alpha value is -2.17. The van der Waals surface area contributed by atoms with Crippen LogP contribution in [0.2, 0.25) is 0 Å². The molecule has 0 spiro atoms. The number of rotatable bonds is 3. The van der Waals surface area contributed by atoms with Crippen LogP contribution in [-0.2, 0) is 0 Å². The van der Waals surface area contributed by atoms with Gasteiger partial charge in [-0.25, -0.2) is 4.39 Å². The maximum Gasteiger partial charge on any atom is 0.292 e. The van der Waals surface area contributed by atoms with Crippen LogP contribution in [0.25, 0.3) is 0 Å². The monoisotopic (exact) mass is 288 g/mol. The first-order valence-electron chi connectivity index (χ1n) is 7.06. The summed E-state index contributed by atoms with van der Waals surface area (Å²) in [5.41, 5.74) is 1.44. The molecule has 0 saturated carbocycles. The number of carbonyl (C=O) groups is 1. The number of aromatic nitrogens is 1. The molecule has 0 N–H and O–H groups in total. The van der Waals surface area contributed by atoms with Crippen LogP contribution in [-0.4, -0.2) is 29.1 Å². The third kappa shape index (κ3) is 2.55. The van der Waals surface area contributed by atoms with Crippen molar-refractivity contribution >= 4 is 5.91 Å². The molecule has 0 radical (unpaired) electrons. The molecule has 1 amide bonds. The zero-order valence-electron chi connectivity index (χ0n) is 12.0. The standard InChI is InChI=1S/C16H17FN2O2/c1-10(2)14-7-15(21-18-14)16(20)19-8-11(9-19)12-5-3-4-6-13(12)17/h3-7,10-11H,8-9H2,1-2H3. The smallest absolute Gasteiger partial charge is 0.292 e. The van der Waals surface area contributed by atoms with E-state index >= 15 is 0 Å². The van der Waals surface area contributed by atoms with Gasteiger partial charge in [-0.1, -0.05) is 37.2 Å². The Morgan fingerprint density at radius 2 is 2.10 bits per heavy atom. The first kappa shape index (κ1) is 13.8. The van der Waals surface area contributed by atoms with Gasteiger partial charge in [-0.05, 0) is 17.5 Å². The van der Waals surface area contributed by atoms with Crippen LogP contribution in [0.1, 0.15) is 47.5 Å². The second-order valence-electron chi connectivity index (χ2n) is 5.70. The van der Waals surface area contributed by atoms with E-state index in [2.05, 4.69) is 5.16 Å². The summed E-state index contributed by atoms with van der Waals surface area (Å²) < 4.78 is 18.8. The van der Waals surface area contributed by atoms with Crippen molar-refractivity contribution in [3.05, 3.63) is 53.2 Å². The Kier molecular flexibility index (Phi) is 3.49. The molecule has 2 aromatic rings. The molecule has 0 aliphatic carbocycles. The highest BCUT2D eigenvalue weighted by atomic mass is 19.1. The maximum absolute atomic E-state index is 13.7. The van der Waals surface area contributed by atoms with Crippen LogP contribution in [0.15, 0.2) is 34.9 Å². The fourth-order valence-corrected chi connectivity index (χ4v) is 2.46. The van der Waals surface area contributed by atoms with E-state index in [1.165, 1.54) is 6.07 Å². The molecule has 2 heterocycles. The van der Waals surface area contributed by atoms with Crippen molar-refractivity contribution in [2.75, 3.05) is 13.1 Å². The molecule has 1 aromatic heterocycles. The third-order valence-electron chi connectivity index (χ3n) is 3.84. The predicted octanol–water partition coefficient (Wildman–Crippen LogP) is 3.18. The second-order valence-corrected chi connectivity index (χ2v) is 5.70. The molecular weight excluding hydrogens is 271 g/mol. The number of hydrogen-bond donors (Lipinski definition) is 0. The molecule has 1 aliphatic heterocycles. The average Bonchev–Trinajstić information content (AvgIpc) is 2.89. The van der Waals surface area contributed by atoms with Gasteiger partial charge in [0.2, 0.25) is 5.76 Å². The number of amides is 1. The van der Waals surface area contributed by atoms with Crippen molar-refractivity contribution in [2.24, 2.45) is 0 Å². The summed E-state index contributed by atoms with van der Waals surface area (Å²) in [5, 5.41) is 3.89. The molecule has 1 aliphatic rings. The lowest BCUT2D eigenvalue weighted by Gasteiger charge is -2.39. The van der Waals surface area contributed by atoms with E-state index in [0.29, 0.717) is 18.7 Å².